The molecule has 0 aromatic heterocycles. The van der Waals surface area contributed by atoms with E-state index in [1.165, 1.54) is 14.0 Å². The number of nitro groups is 1. The number of esters is 2. The Hall–Kier alpha value is -2.64. The van der Waals surface area contributed by atoms with E-state index >= 15 is 0 Å². The predicted molar refractivity (Wildman–Crippen MR) is 88.9 cm³/mol. The Morgan fingerprint density at radius 3 is 1.92 bits per heavy atom. The SMILES string of the molecule is CCOC(=O)C(C(=O)OCC)[C@@H](c1ccc(OC)cc1)[C@@H](C)[N+](=O)[O-]. The molecular formula is C17H23NO7. The van der Waals surface area contributed by atoms with Gasteiger partial charge in [-0.3, -0.25) is 19.7 Å². The normalized spacial score (nSPS) is 13.0. The van der Waals surface area contributed by atoms with Gasteiger partial charge in [0, 0.05) is 11.8 Å². The van der Waals surface area contributed by atoms with E-state index in [-0.39, 0.29) is 13.2 Å². The first-order chi connectivity index (χ1) is 11.9. The number of methoxy groups -OCH3 is 1. The van der Waals surface area contributed by atoms with E-state index in [9.17, 15) is 19.7 Å². The van der Waals surface area contributed by atoms with Crippen molar-refractivity contribution >= 4 is 11.9 Å². The largest absolute Gasteiger partial charge is 0.497 e. The Morgan fingerprint density at radius 1 is 1.08 bits per heavy atom. The molecule has 8 nitrogen and oxygen atoms in total. The van der Waals surface area contributed by atoms with Crippen molar-refractivity contribution in [3.05, 3.63) is 39.9 Å². The van der Waals surface area contributed by atoms with Crippen LogP contribution in [0.15, 0.2) is 24.3 Å². The van der Waals surface area contributed by atoms with Crippen LogP contribution in [0.1, 0.15) is 32.3 Å². The first-order valence-corrected chi connectivity index (χ1v) is 7.98. The van der Waals surface area contributed by atoms with Crippen molar-refractivity contribution < 1.29 is 28.7 Å². The minimum Gasteiger partial charge on any atom is -0.497 e. The summed E-state index contributed by atoms with van der Waals surface area (Å²) in [7, 11) is 1.49. The van der Waals surface area contributed by atoms with Crippen molar-refractivity contribution in [2.45, 2.75) is 32.7 Å². The molecule has 25 heavy (non-hydrogen) atoms. The van der Waals surface area contributed by atoms with Crippen LogP contribution in [0.5, 0.6) is 5.75 Å². The van der Waals surface area contributed by atoms with Gasteiger partial charge in [0.2, 0.25) is 6.04 Å². The second-order valence-corrected chi connectivity index (χ2v) is 5.31. The fraction of sp³-hybridized carbons (Fsp3) is 0.529. The highest BCUT2D eigenvalue weighted by molar-refractivity contribution is 5.96. The summed E-state index contributed by atoms with van der Waals surface area (Å²) >= 11 is 0. The minimum atomic E-state index is -1.42. The molecule has 0 heterocycles. The van der Waals surface area contributed by atoms with Crippen LogP contribution in [-0.4, -0.2) is 43.2 Å². The van der Waals surface area contributed by atoms with Gasteiger partial charge in [-0.1, -0.05) is 12.1 Å². The average molecular weight is 353 g/mol. The van der Waals surface area contributed by atoms with Gasteiger partial charge in [0.25, 0.3) is 0 Å². The van der Waals surface area contributed by atoms with Gasteiger partial charge in [0.15, 0.2) is 5.92 Å². The van der Waals surface area contributed by atoms with Crippen molar-refractivity contribution in [3.63, 3.8) is 0 Å². The third kappa shape index (κ3) is 5.17. The third-order valence-corrected chi connectivity index (χ3v) is 3.79. The zero-order valence-corrected chi connectivity index (χ0v) is 14.8. The zero-order valence-electron chi connectivity index (χ0n) is 14.8. The highest BCUT2D eigenvalue weighted by Gasteiger charge is 2.45. The first-order valence-electron chi connectivity index (χ1n) is 7.98. The maximum Gasteiger partial charge on any atom is 0.321 e. The summed E-state index contributed by atoms with van der Waals surface area (Å²) in [6, 6.07) is 5.21. The predicted octanol–water partition coefficient (Wildman–Crippen LogP) is 2.19. The number of ether oxygens (including phenoxy) is 3. The molecule has 8 heteroatoms. The summed E-state index contributed by atoms with van der Waals surface area (Å²) in [5.41, 5.74) is 0.455. The fourth-order valence-electron chi connectivity index (χ4n) is 2.56. The molecule has 0 aliphatic rings. The van der Waals surface area contributed by atoms with Gasteiger partial charge in [-0.05, 0) is 31.5 Å². The highest BCUT2D eigenvalue weighted by atomic mass is 16.6. The van der Waals surface area contributed by atoms with E-state index < -0.39 is 34.7 Å². The monoisotopic (exact) mass is 353 g/mol. The van der Waals surface area contributed by atoms with Crippen LogP contribution in [0, 0.1) is 16.0 Å². The van der Waals surface area contributed by atoms with Crippen LogP contribution in [0.2, 0.25) is 0 Å². The molecule has 2 atom stereocenters. The number of rotatable bonds is 9. The molecule has 1 aromatic carbocycles. The highest BCUT2D eigenvalue weighted by Crippen LogP contribution is 2.33. The zero-order chi connectivity index (χ0) is 19.0. The molecule has 0 spiro atoms. The Bertz CT molecular complexity index is 582. The number of hydrogen-bond donors (Lipinski definition) is 0. The summed E-state index contributed by atoms with van der Waals surface area (Å²) in [6.07, 6.45) is 0. The smallest absolute Gasteiger partial charge is 0.321 e. The van der Waals surface area contributed by atoms with Gasteiger partial charge in [0.1, 0.15) is 5.75 Å². The Labute approximate surface area is 146 Å². The number of benzene rings is 1. The quantitative estimate of drug-likeness (QED) is 0.290. The molecule has 1 rings (SSSR count). The van der Waals surface area contributed by atoms with Gasteiger partial charge >= 0.3 is 11.9 Å². The Balaban J connectivity index is 3.38. The van der Waals surface area contributed by atoms with Gasteiger partial charge in [-0.15, -0.1) is 0 Å². The summed E-state index contributed by atoms with van der Waals surface area (Å²) in [5.74, 6) is -3.57. The van der Waals surface area contributed by atoms with Gasteiger partial charge < -0.3 is 14.2 Å². The van der Waals surface area contributed by atoms with E-state index in [0.29, 0.717) is 11.3 Å². The first kappa shape index (κ1) is 20.4. The summed E-state index contributed by atoms with van der Waals surface area (Å²) in [5, 5.41) is 11.4. The molecular weight excluding hydrogens is 330 g/mol. The maximum atomic E-state index is 12.4. The Morgan fingerprint density at radius 2 is 1.56 bits per heavy atom. The average Bonchev–Trinajstić information content (AvgIpc) is 2.59. The van der Waals surface area contributed by atoms with Crippen LogP contribution in [0.3, 0.4) is 0 Å². The van der Waals surface area contributed by atoms with Crippen LogP contribution < -0.4 is 4.74 Å². The van der Waals surface area contributed by atoms with Crippen molar-refractivity contribution in [2.24, 2.45) is 5.92 Å². The van der Waals surface area contributed by atoms with Gasteiger partial charge in [0.05, 0.1) is 26.2 Å². The van der Waals surface area contributed by atoms with Crippen molar-refractivity contribution in [3.8, 4) is 5.75 Å². The molecule has 0 saturated heterocycles. The molecule has 0 saturated carbocycles. The van der Waals surface area contributed by atoms with Gasteiger partial charge in [-0.2, -0.15) is 0 Å². The third-order valence-electron chi connectivity index (χ3n) is 3.79. The molecule has 0 bridgehead atoms. The summed E-state index contributed by atoms with van der Waals surface area (Å²) in [4.78, 5) is 35.6. The lowest BCUT2D eigenvalue weighted by molar-refractivity contribution is -0.523. The molecule has 1 aromatic rings. The van der Waals surface area contributed by atoms with Crippen molar-refractivity contribution in [2.75, 3.05) is 20.3 Å². The van der Waals surface area contributed by atoms with Crippen LogP contribution in [-0.2, 0) is 19.1 Å². The molecule has 138 valence electrons. The summed E-state index contributed by atoms with van der Waals surface area (Å²) in [6.45, 7) is 4.65. The second kappa shape index (κ2) is 9.61. The van der Waals surface area contributed by atoms with Crippen LogP contribution >= 0.6 is 0 Å². The number of carbonyl (C=O) groups excluding carboxylic acids is 2. The van der Waals surface area contributed by atoms with E-state index in [4.69, 9.17) is 14.2 Å². The van der Waals surface area contributed by atoms with E-state index in [2.05, 4.69) is 0 Å². The second-order valence-electron chi connectivity index (χ2n) is 5.31. The van der Waals surface area contributed by atoms with Gasteiger partial charge in [-0.25, -0.2) is 0 Å². The maximum absolute atomic E-state index is 12.4. The van der Waals surface area contributed by atoms with E-state index in [1.807, 2.05) is 0 Å². The summed E-state index contributed by atoms with van der Waals surface area (Å²) < 4.78 is 15.0. The lowest BCUT2D eigenvalue weighted by atomic mass is 9.81. The molecule has 0 radical (unpaired) electrons. The standard InChI is InChI=1S/C17H23NO7/c1-5-24-16(19)15(17(20)25-6-2)14(11(3)18(21)22)12-7-9-13(23-4)10-8-12/h7-11,14-15H,5-6H2,1-4H3/t11-,14-/m1/s1. The van der Waals surface area contributed by atoms with Crippen LogP contribution in [0.4, 0.5) is 0 Å². The van der Waals surface area contributed by atoms with Crippen molar-refractivity contribution in [1.82, 2.24) is 0 Å². The molecule has 0 aliphatic heterocycles. The lowest BCUT2D eigenvalue weighted by Gasteiger charge is -2.25. The van der Waals surface area contributed by atoms with Crippen molar-refractivity contribution in [1.29, 1.82) is 0 Å². The topological polar surface area (TPSA) is 105 Å². The molecule has 0 aliphatic carbocycles. The molecule has 0 fully saturated rings. The Kier molecular flexibility index (Phi) is 7.84. The fourth-order valence-corrected chi connectivity index (χ4v) is 2.56. The van der Waals surface area contributed by atoms with E-state index in [0.717, 1.165) is 0 Å². The number of hydrogen-bond acceptors (Lipinski definition) is 7. The van der Waals surface area contributed by atoms with Crippen LogP contribution in [0.25, 0.3) is 0 Å². The molecule has 0 amide bonds. The van der Waals surface area contributed by atoms with E-state index in [1.54, 1.807) is 38.1 Å². The number of carbonyl (C=O) groups is 2. The minimum absolute atomic E-state index is 0.0525. The molecule has 0 unspecified atom stereocenters. The number of nitrogens with zero attached hydrogens (tertiary/aromatic N) is 1. The lowest BCUT2D eigenvalue weighted by Crippen LogP contribution is -2.40. The molecule has 0 N–H and O–H groups in total.